The smallest absolute Gasteiger partial charge is 0.379 e. The Kier molecular flexibility index (Phi) is 10.7. The van der Waals surface area contributed by atoms with E-state index in [2.05, 4.69) is 13.8 Å². The van der Waals surface area contributed by atoms with Gasteiger partial charge < -0.3 is 37.6 Å². The summed E-state index contributed by atoms with van der Waals surface area (Å²) < 4.78 is 55.4. The minimum atomic E-state index is -1.66. The van der Waals surface area contributed by atoms with Crippen LogP contribution < -0.4 is 18.9 Å². The lowest BCUT2D eigenvalue weighted by Crippen LogP contribution is -2.34. The summed E-state index contributed by atoms with van der Waals surface area (Å²) in [5.74, 6) is -0.274. The molecule has 18 rings (SSSR count). The molecule has 11 aromatic carbocycles. The van der Waals surface area contributed by atoms with Crippen molar-refractivity contribution in [3.8, 4) is 73.6 Å². The van der Waals surface area contributed by atoms with E-state index in [4.69, 9.17) is 37.6 Å². The molecule has 6 aliphatic heterocycles. The molecule has 0 aliphatic carbocycles. The van der Waals surface area contributed by atoms with Gasteiger partial charge in [-0.1, -0.05) is 178 Å². The van der Waals surface area contributed by atoms with Gasteiger partial charge in [-0.15, -0.1) is 0 Å². The Morgan fingerprint density at radius 1 is 0.367 bits per heavy atom. The number of esters is 4. The summed E-state index contributed by atoms with van der Waals surface area (Å²) in [4.78, 5) is 60.0. The molecular weight excluding hydrogens is 1130 g/mol. The zero-order valence-electron chi connectivity index (χ0n) is 48.0. The van der Waals surface area contributed by atoms with Gasteiger partial charge in [-0.2, -0.15) is 0 Å². The fourth-order valence-electron chi connectivity index (χ4n) is 15.0. The number of benzene rings is 11. The van der Waals surface area contributed by atoms with Crippen molar-refractivity contribution in [3.05, 3.63) is 315 Å². The maximum Gasteiger partial charge on any atom is 0.379 e. The van der Waals surface area contributed by atoms with Crippen LogP contribution in [0.15, 0.2) is 241 Å². The van der Waals surface area contributed by atoms with Gasteiger partial charge in [-0.25, -0.2) is 19.2 Å². The molecule has 12 aromatic rings. The van der Waals surface area contributed by atoms with Crippen LogP contribution in [0.5, 0.6) is 40.2 Å². The van der Waals surface area contributed by atoms with E-state index < -0.39 is 46.6 Å². The third kappa shape index (κ3) is 6.78. The van der Waals surface area contributed by atoms with E-state index >= 15 is 4.79 Å². The zero-order chi connectivity index (χ0) is 60.4. The summed E-state index contributed by atoms with van der Waals surface area (Å²) in [5, 5.41) is 0.679. The first-order valence-electron chi connectivity index (χ1n) is 29.7. The van der Waals surface area contributed by atoms with Crippen LogP contribution in [0.3, 0.4) is 0 Å². The lowest BCUT2D eigenvalue weighted by Gasteiger charge is -2.40. The summed E-state index contributed by atoms with van der Waals surface area (Å²) >= 11 is 0. The third-order valence-corrected chi connectivity index (χ3v) is 18.5. The fourth-order valence-corrected chi connectivity index (χ4v) is 15.0. The molecule has 12 heteroatoms. The highest BCUT2D eigenvalue weighted by Crippen LogP contribution is 2.66. The van der Waals surface area contributed by atoms with E-state index in [1.807, 2.05) is 206 Å². The van der Waals surface area contributed by atoms with Crippen molar-refractivity contribution in [2.45, 2.75) is 36.6 Å². The van der Waals surface area contributed by atoms with E-state index in [0.29, 0.717) is 151 Å². The number of carbonyl (C=O) groups excluding carboxylic acids is 4. The van der Waals surface area contributed by atoms with E-state index in [1.54, 1.807) is 30.3 Å². The predicted octanol–water partition coefficient (Wildman–Crippen LogP) is 17.5. The molecule has 0 saturated carbocycles. The molecule has 3 spiro atoms. The molecule has 90 heavy (non-hydrogen) atoms. The van der Waals surface area contributed by atoms with Crippen LogP contribution in [0.2, 0.25) is 0 Å². The molecule has 1 aromatic heterocycles. The van der Waals surface area contributed by atoms with Crippen LogP contribution >= 0.6 is 0 Å². The number of hydrogen-bond donors (Lipinski definition) is 0. The summed E-state index contributed by atoms with van der Waals surface area (Å²) in [7, 11) is 0. The van der Waals surface area contributed by atoms with Crippen molar-refractivity contribution in [2.75, 3.05) is 0 Å². The van der Waals surface area contributed by atoms with E-state index in [0.717, 1.165) is 0 Å². The Labute approximate surface area is 514 Å². The van der Waals surface area contributed by atoms with Crippen LogP contribution in [-0.4, -0.2) is 23.9 Å². The summed E-state index contributed by atoms with van der Waals surface area (Å²) in [5.41, 5.74) is 5.42. The van der Waals surface area contributed by atoms with E-state index in [9.17, 15) is 14.4 Å². The number of furan rings is 1. The normalized spacial score (nSPS) is 18.8. The molecular formula is C78H46O12. The topological polar surface area (TPSA) is 146 Å². The van der Waals surface area contributed by atoms with Gasteiger partial charge in [0.1, 0.15) is 45.8 Å². The van der Waals surface area contributed by atoms with Crippen molar-refractivity contribution in [2.24, 2.45) is 0 Å². The maximum absolute atomic E-state index is 15.7. The van der Waals surface area contributed by atoms with Gasteiger partial charge in [0.05, 0.1) is 33.4 Å². The van der Waals surface area contributed by atoms with Crippen LogP contribution in [0, 0.1) is 0 Å². The third-order valence-electron chi connectivity index (χ3n) is 18.5. The van der Waals surface area contributed by atoms with Gasteiger partial charge in [0.15, 0.2) is 16.8 Å². The van der Waals surface area contributed by atoms with Gasteiger partial charge in [-0.05, 0) is 112 Å². The van der Waals surface area contributed by atoms with Crippen molar-refractivity contribution in [3.63, 3.8) is 0 Å². The second-order valence-corrected chi connectivity index (χ2v) is 23.5. The van der Waals surface area contributed by atoms with Crippen LogP contribution in [0.25, 0.3) is 44.3 Å². The molecule has 430 valence electrons. The summed E-state index contributed by atoms with van der Waals surface area (Å²) in [6.07, 6.45) is 0. The molecule has 7 heterocycles. The Bertz CT molecular complexity index is 5190. The van der Waals surface area contributed by atoms with Gasteiger partial charge in [0.2, 0.25) is 5.76 Å². The number of carbonyl (C=O) groups is 4. The molecule has 3 atom stereocenters. The predicted molar refractivity (Wildman–Crippen MR) is 333 cm³/mol. The first kappa shape index (κ1) is 51.5. The van der Waals surface area contributed by atoms with E-state index in [-0.39, 0.29) is 11.5 Å². The molecule has 6 aliphatic rings. The van der Waals surface area contributed by atoms with E-state index in [1.165, 1.54) is 0 Å². The van der Waals surface area contributed by atoms with Gasteiger partial charge in [-0.3, -0.25) is 0 Å². The van der Waals surface area contributed by atoms with Gasteiger partial charge in [0, 0.05) is 44.3 Å². The SMILES string of the molecule is CC(C)c1c(-c2cccc3c2C2(OC(=O)c4ccccc42)c2ccccc2O3)cc(OC(=O)c2cc3ccccc3o2)c(-c2cccc3c2C2(OC(=O)c4ccccc42)c2ccccc2O3)c1-c1cccc2c1C1(OC(=O)c3ccccc31)c1ccccc1O2. The zero-order valence-corrected chi connectivity index (χ0v) is 48.0. The number of para-hydroxylation sites is 4. The Morgan fingerprint density at radius 3 is 1.19 bits per heavy atom. The highest BCUT2D eigenvalue weighted by molar-refractivity contribution is 6.06. The van der Waals surface area contributed by atoms with Crippen molar-refractivity contribution >= 4 is 34.8 Å². The minimum absolute atomic E-state index is 0.0371. The molecule has 3 unspecified atom stereocenters. The van der Waals surface area contributed by atoms with Crippen molar-refractivity contribution in [1.29, 1.82) is 0 Å². The standard InChI is InChI=1S/C78H46O12/c1-42(2)66-50(44-24-17-37-61-69(44)76(54-30-10-14-34-58(54)84-61)51-27-7-4-21-45(51)72(79)88-76)41-64(87-75(82)65-40-43-20-3-13-33-57(43)83-65)67(48-25-18-38-62-70(48)77(55-31-11-15-35-59(55)85-62)52-28-8-5-22-46(52)73(80)89-77)68(66)49-26-19-39-63-71(49)78(56-32-12-16-36-60(56)86-63)53-29-9-6-23-47(53)74(81)90-78/h3-42H,1-2H3. The summed E-state index contributed by atoms with van der Waals surface area (Å²) in [6, 6.07) is 72.7. The molecule has 0 fully saturated rings. The first-order valence-corrected chi connectivity index (χ1v) is 29.7. The van der Waals surface area contributed by atoms with Crippen LogP contribution in [0.1, 0.15) is 117 Å². The van der Waals surface area contributed by atoms with Crippen LogP contribution in [0.4, 0.5) is 0 Å². The molecule has 0 N–H and O–H groups in total. The first-order chi connectivity index (χ1) is 44.1. The quantitative estimate of drug-likeness (QED) is 0.0887. The number of hydrogen-bond acceptors (Lipinski definition) is 12. The van der Waals surface area contributed by atoms with Crippen molar-refractivity contribution in [1.82, 2.24) is 0 Å². The van der Waals surface area contributed by atoms with Gasteiger partial charge >= 0.3 is 23.9 Å². The molecule has 0 amide bonds. The molecule has 0 saturated heterocycles. The lowest BCUT2D eigenvalue weighted by molar-refractivity contribution is 0.0216. The molecule has 0 radical (unpaired) electrons. The average molecular weight is 1180 g/mol. The van der Waals surface area contributed by atoms with Crippen LogP contribution in [-0.2, 0) is 31.0 Å². The van der Waals surface area contributed by atoms with Crippen molar-refractivity contribution < 1.29 is 56.8 Å². The fraction of sp³-hybridized carbons (Fsp3) is 0.0769. The molecule has 12 nitrogen and oxygen atoms in total. The number of rotatable bonds is 6. The second-order valence-electron chi connectivity index (χ2n) is 23.5. The Hall–Kier alpha value is -11.8. The number of fused-ring (bicyclic) bond motifs is 19. The highest BCUT2D eigenvalue weighted by Gasteiger charge is 2.59. The highest BCUT2D eigenvalue weighted by atomic mass is 16.6. The maximum atomic E-state index is 15.7. The largest absolute Gasteiger partial charge is 0.456 e. The Morgan fingerprint density at radius 2 is 0.733 bits per heavy atom. The Balaban J connectivity index is 1.03. The monoisotopic (exact) mass is 1170 g/mol. The lowest BCUT2D eigenvalue weighted by atomic mass is 9.69. The average Bonchev–Trinajstić information content (AvgIpc) is 1.28. The minimum Gasteiger partial charge on any atom is -0.456 e. The number of ether oxygens (including phenoxy) is 7. The molecule has 0 bridgehead atoms. The summed E-state index contributed by atoms with van der Waals surface area (Å²) in [6.45, 7) is 4.18. The second kappa shape index (κ2) is 18.6. The van der Waals surface area contributed by atoms with Gasteiger partial charge in [0.25, 0.3) is 0 Å².